The van der Waals surface area contributed by atoms with E-state index in [1.807, 2.05) is 28.0 Å². The monoisotopic (exact) mass is 364 g/mol. The Morgan fingerprint density at radius 3 is 1.89 bits per heavy atom. The van der Waals surface area contributed by atoms with Gasteiger partial charge in [-0.1, -0.05) is 18.2 Å². The lowest BCUT2D eigenvalue weighted by atomic mass is 10.1. The van der Waals surface area contributed by atoms with E-state index in [0.29, 0.717) is 24.2 Å². The van der Waals surface area contributed by atoms with Gasteiger partial charge in [-0.25, -0.2) is 0 Å². The van der Waals surface area contributed by atoms with Crippen molar-refractivity contribution >= 4 is 17.5 Å². The van der Waals surface area contributed by atoms with Crippen LogP contribution in [0.3, 0.4) is 0 Å². The van der Waals surface area contributed by atoms with Crippen molar-refractivity contribution in [3.05, 3.63) is 59.9 Å². The van der Waals surface area contributed by atoms with Crippen LogP contribution in [0.5, 0.6) is 0 Å². The van der Waals surface area contributed by atoms with Gasteiger partial charge in [0.25, 0.3) is 11.8 Å². The summed E-state index contributed by atoms with van der Waals surface area (Å²) in [5.41, 5.74) is 2.18. The number of para-hydroxylation sites is 1. The third kappa shape index (κ3) is 3.79. The number of rotatable bonds is 3. The van der Waals surface area contributed by atoms with Gasteiger partial charge in [0.05, 0.1) is 11.1 Å². The number of aromatic nitrogens is 1. The maximum absolute atomic E-state index is 12.9. The Morgan fingerprint density at radius 1 is 0.741 bits per heavy atom. The number of likely N-dealkylation sites (tertiary alicyclic amines) is 1. The van der Waals surface area contributed by atoms with Crippen LogP contribution in [0.15, 0.2) is 48.8 Å². The van der Waals surface area contributed by atoms with Crippen molar-refractivity contribution in [1.82, 2.24) is 14.8 Å². The summed E-state index contributed by atoms with van der Waals surface area (Å²) < 4.78 is 0. The highest BCUT2D eigenvalue weighted by Gasteiger charge is 2.24. The number of benzene rings is 1. The van der Waals surface area contributed by atoms with Crippen molar-refractivity contribution < 1.29 is 9.59 Å². The lowest BCUT2D eigenvalue weighted by Crippen LogP contribution is -2.48. The lowest BCUT2D eigenvalue weighted by Gasteiger charge is -2.36. The van der Waals surface area contributed by atoms with Crippen molar-refractivity contribution in [3.8, 4) is 0 Å². The summed E-state index contributed by atoms with van der Waals surface area (Å²) in [5.74, 6) is -0.0742. The zero-order valence-electron chi connectivity index (χ0n) is 15.4. The first-order valence-corrected chi connectivity index (χ1v) is 9.56. The molecule has 140 valence electrons. The number of amides is 2. The van der Waals surface area contributed by atoms with Crippen LogP contribution in [0.2, 0.25) is 0 Å². The predicted molar refractivity (Wildman–Crippen MR) is 104 cm³/mol. The summed E-state index contributed by atoms with van der Waals surface area (Å²) in [6, 6.07) is 11.9. The third-order valence-electron chi connectivity index (χ3n) is 5.31. The summed E-state index contributed by atoms with van der Waals surface area (Å²) in [6.45, 7) is 4.51. The van der Waals surface area contributed by atoms with Crippen LogP contribution in [0.25, 0.3) is 0 Å². The number of anilines is 1. The number of nitrogens with zero attached hydrogens (tertiary/aromatic N) is 4. The maximum Gasteiger partial charge on any atom is 0.255 e. The van der Waals surface area contributed by atoms with Crippen LogP contribution in [0.4, 0.5) is 5.69 Å². The average Bonchev–Trinajstić information content (AvgIpc) is 3.28. The van der Waals surface area contributed by atoms with E-state index < -0.39 is 0 Å². The Bertz CT molecular complexity index is 810. The van der Waals surface area contributed by atoms with Gasteiger partial charge in [-0.15, -0.1) is 0 Å². The summed E-state index contributed by atoms with van der Waals surface area (Å²) in [5, 5.41) is 0. The molecule has 1 aromatic heterocycles. The Kier molecular flexibility index (Phi) is 5.05. The van der Waals surface area contributed by atoms with Gasteiger partial charge < -0.3 is 14.7 Å². The largest absolute Gasteiger partial charge is 0.368 e. The fourth-order valence-electron chi connectivity index (χ4n) is 3.77. The Balaban J connectivity index is 1.41. The van der Waals surface area contributed by atoms with E-state index in [-0.39, 0.29) is 11.8 Å². The quantitative estimate of drug-likeness (QED) is 0.838. The second-order valence-electron chi connectivity index (χ2n) is 7.08. The van der Waals surface area contributed by atoms with Gasteiger partial charge in [-0.05, 0) is 31.0 Å². The minimum Gasteiger partial charge on any atom is -0.368 e. The average molecular weight is 364 g/mol. The lowest BCUT2D eigenvalue weighted by molar-refractivity contribution is 0.0746. The van der Waals surface area contributed by atoms with E-state index in [9.17, 15) is 9.59 Å². The topological polar surface area (TPSA) is 56.8 Å². The van der Waals surface area contributed by atoms with Gasteiger partial charge in [0.2, 0.25) is 0 Å². The van der Waals surface area contributed by atoms with Gasteiger partial charge in [0, 0.05) is 57.3 Å². The first-order valence-electron chi connectivity index (χ1n) is 9.56. The molecule has 2 aliphatic rings. The Morgan fingerprint density at radius 2 is 1.30 bits per heavy atom. The molecule has 2 aromatic rings. The van der Waals surface area contributed by atoms with Gasteiger partial charge >= 0.3 is 0 Å². The number of hydrogen-bond donors (Lipinski definition) is 0. The highest BCUT2D eigenvalue weighted by atomic mass is 16.2. The molecular weight excluding hydrogens is 340 g/mol. The fraction of sp³-hybridized carbons (Fsp3) is 0.381. The molecular formula is C21H24N4O2. The van der Waals surface area contributed by atoms with E-state index in [0.717, 1.165) is 39.0 Å². The molecule has 3 heterocycles. The van der Waals surface area contributed by atoms with Gasteiger partial charge in [0.1, 0.15) is 0 Å². The fourth-order valence-corrected chi connectivity index (χ4v) is 3.77. The number of pyridine rings is 1. The van der Waals surface area contributed by atoms with Gasteiger partial charge in [0.15, 0.2) is 0 Å². The zero-order valence-corrected chi connectivity index (χ0v) is 15.4. The molecule has 2 saturated heterocycles. The van der Waals surface area contributed by atoms with Crippen LogP contribution in [0.1, 0.15) is 33.6 Å². The molecule has 0 N–H and O–H groups in total. The Labute approximate surface area is 159 Å². The van der Waals surface area contributed by atoms with Crippen LogP contribution in [-0.2, 0) is 0 Å². The third-order valence-corrected chi connectivity index (χ3v) is 5.31. The standard InChI is InChI=1S/C21H24N4O2/c26-20(24-8-4-5-9-24)17-14-18(16-22-15-17)21(27)25-12-10-23(11-13-25)19-6-2-1-3-7-19/h1-3,6-7,14-16H,4-5,8-13H2. The number of piperazine rings is 1. The number of carbonyl (C=O) groups is 2. The van der Waals surface area contributed by atoms with E-state index in [4.69, 9.17) is 0 Å². The molecule has 1 aromatic carbocycles. The summed E-state index contributed by atoms with van der Waals surface area (Å²) >= 11 is 0. The van der Waals surface area contributed by atoms with Crippen molar-refractivity contribution in [3.63, 3.8) is 0 Å². The molecule has 27 heavy (non-hydrogen) atoms. The van der Waals surface area contributed by atoms with Crippen LogP contribution in [0, 0.1) is 0 Å². The first-order chi connectivity index (χ1) is 13.2. The molecule has 0 spiro atoms. The first kappa shape index (κ1) is 17.5. The molecule has 2 amide bonds. The smallest absolute Gasteiger partial charge is 0.255 e. The molecule has 6 heteroatoms. The molecule has 6 nitrogen and oxygen atoms in total. The van der Waals surface area contributed by atoms with E-state index in [1.54, 1.807) is 18.5 Å². The molecule has 0 unspecified atom stereocenters. The minimum atomic E-state index is -0.0497. The molecule has 0 radical (unpaired) electrons. The van der Waals surface area contributed by atoms with E-state index >= 15 is 0 Å². The predicted octanol–water partition coefficient (Wildman–Crippen LogP) is 2.28. The normalized spacial score (nSPS) is 17.3. The zero-order chi connectivity index (χ0) is 18.6. The highest BCUT2D eigenvalue weighted by molar-refractivity contribution is 5.99. The van der Waals surface area contributed by atoms with Crippen molar-refractivity contribution in [1.29, 1.82) is 0 Å². The number of hydrogen-bond acceptors (Lipinski definition) is 4. The van der Waals surface area contributed by atoms with Crippen LogP contribution < -0.4 is 4.90 Å². The van der Waals surface area contributed by atoms with Gasteiger partial charge in [-0.3, -0.25) is 14.6 Å². The maximum atomic E-state index is 12.9. The molecule has 4 rings (SSSR count). The second kappa shape index (κ2) is 7.78. The summed E-state index contributed by atoms with van der Waals surface area (Å²) in [6.07, 6.45) is 5.21. The molecule has 2 aliphatic heterocycles. The minimum absolute atomic E-state index is 0.0245. The molecule has 0 aliphatic carbocycles. The molecule has 0 bridgehead atoms. The van der Waals surface area contributed by atoms with E-state index in [2.05, 4.69) is 22.0 Å². The van der Waals surface area contributed by atoms with E-state index in [1.165, 1.54) is 5.69 Å². The number of carbonyl (C=O) groups excluding carboxylic acids is 2. The second-order valence-corrected chi connectivity index (χ2v) is 7.08. The van der Waals surface area contributed by atoms with Crippen molar-refractivity contribution in [2.24, 2.45) is 0 Å². The van der Waals surface area contributed by atoms with Crippen molar-refractivity contribution in [2.45, 2.75) is 12.8 Å². The summed E-state index contributed by atoms with van der Waals surface area (Å²) in [4.78, 5) is 35.6. The molecule has 0 atom stereocenters. The van der Waals surface area contributed by atoms with Crippen LogP contribution in [-0.4, -0.2) is 65.9 Å². The van der Waals surface area contributed by atoms with Crippen LogP contribution >= 0.6 is 0 Å². The SMILES string of the molecule is O=C(c1cncc(C(=O)N2CCN(c3ccccc3)CC2)c1)N1CCCC1. The van der Waals surface area contributed by atoms with Crippen molar-refractivity contribution in [2.75, 3.05) is 44.2 Å². The van der Waals surface area contributed by atoms with Gasteiger partial charge in [-0.2, -0.15) is 0 Å². The highest BCUT2D eigenvalue weighted by Crippen LogP contribution is 2.18. The summed E-state index contributed by atoms with van der Waals surface area (Å²) in [7, 11) is 0. The Hall–Kier alpha value is -2.89. The molecule has 2 fully saturated rings. The molecule has 0 saturated carbocycles.